The van der Waals surface area contributed by atoms with Crippen molar-refractivity contribution in [3.05, 3.63) is 54.2 Å². The van der Waals surface area contributed by atoms with Crippen LogP contribution in [0, 0.1) is 0 Å². The van der Waals surface area contributed by atoms with Crippen molar-refractivity contribution in [3.8, 4) is 11.3 Å². The normalized spacial score (nSPS) is 11.0. The molecule has 0 unspecified atom stereocenters. The lowest BCUT2D eigenvalue weighted by Crippen LogP contribution is -2.12. The minimum Gasteiger partial charge on any atom is -0.445 e. The van der Waals surface area contributed by atoms with E-state index >= 15 is 0 Å². The van der Waals surface area contributed by atoms with Gasteiger partial charge in [-0.2, -0.15) is 0 Å². The van der Waals surface area contributed by atoms with Crippen molar-refractivity contribution in [2.45, 2.75) is 6.92 Å². The molecule has 132 valence electrons. The summed E-state index contributed by atoms with van der Waals surface area (Å²) in [6, 6.07) is 11.5. The molecule has 3 rings (SSSR count). The second-order valence-electron chi connectivity index (χ2n) is 5.68. The number of aromatic amines is 1. The van der Waals surface area contributed by atoms with Crippen LogP contribution in [0.15, 0.2) is 48.7 Å². The van der Waals surface area contributed by atoms with Gasteiger partial charge in [-0.15, -0.1) is 0 Å². The van der Waals surface area contributed by atoms with Crippen LogP contribution in [0.25, 0.3) is 28.4 Å². The third-order valence-electron chi connectivity index (χ3n) is 3.62. The van der Waals surface area contributed by atoms with Gasteiger partial charge in [-0.05, 0) is 35.9 Å². The molecule has 0 spiro atoms. The van der Waals surface area contributed by atoms with E-state index in [0.29, 0.717) is 0 Å². The molecule has 0 saturated heterocycles. The number of carbonyl (C=O) groups excluding carboxylic acids is 2. The molecule has 0 atom stereocenters. The zero-order valence-electron chi connectivity index (χ0n) is 14.2. The predicted octanol–water partition coefficient (Wildman–Crippen LogP) is 3.30. The summed E-state index contributed by atoms with van der Waals surface area (Å²) in [5, 5.41) is 3.72. The maximum absolute atomic E-state index is 11.2. The Bertz CT molecular complexity index is 991. The molecule has 7 nitrogen and oxygen atoms in total. The first-order chi connectivity index (χ1) is 12.5. The molecule has 0 fully saturated rings. The number of amides is 2. The molecule has 4 N–H and O–H groups in total. The number of fused-ring (bicyclic) bond motifs is 1. The van der Waals surface area contributed by atoms with E-state index in [1.807, 2.05) is 36.4 Å². The van der Waals surface area contributed by atoms with Gasteiger partial charge in [0.25, 0.3) is 0 Å². The number of carbonyl (C=O) groups is 2. The molecule has 2 heterocycles. The van der Waals surface area contributed by atoms with E-state index in [0.717, 1.165) is 33.5 Å². The molecule has 7 heteroatoms. The van der Waals surface area contributed by atoms with Crippen molar-refractivity contribution in [2.75, 3.05) is 11.9 Å². The molecule has 0 aliphatic rings. The smallest absolute Gasteiger partial charge is 0.404 e. The van der Waals surface area contributed by atoms with Gasteiger partial charge in [-0.1, -0.05) is 18.2 Å². The first-order valence-electron chi connectivity index (χ1n) is 7.97. The molecule has 2 amide bonds. The fourth-order valence-electron chi connectivity index (χ4n) is 2.56. The lowest BCUT2D eigenvalue weighted by molar-refractivity contribution is -0.114. The summed E-state index contributed by atoms with van der Waals surface area (Å²) in [4.78, 5) is 29.4. The number of H-pyrrole nitrogens is 1. The van der Waals surface area contributed by atoms with E-state index < -0.39 is 6.09 Å². The average molecular weight is 350 g/mol. The fraction of sp³-hybridized carbons (Fsp3) is 0.105. The minimum absolute atomic E-state index is 0.113. The van der Waals surface area contributed by atoms with Gasteiger partial charge in [0.15, 0.2) is 0 Å². The van der Waals surface area contributed by atoms with Crippen molar-refractivity contribution in [1.29, 1.82) is 0 Å². The number of pyridine rings is 1. The Morgan fingerprint density at radius 3 is 2.92 bits per heavy atom. The Hall–Kier alpha value is -3.61. The van der Waals surface area contributed by atoms with Crippen molar-refractivity contribution >= 4 is 34.8 Å². The minimum atomic E-state index is -0.806. The number of nitrogens with one attached hydrogen (secondary N) is 2. The van der Waals surface area contributed by atoms with E-state index in [-0.39, 0.29) is 12.5 Å². The Labute approximate surface area is 149 Å². The number of hydrogen-bond donors (Lipinski definition) is 3. The lowest BCUT2D eigenvalue weighted by Gasteiger charge is -2.04. The molecule has 0 saturated carbocycles. The van der Waals surface area contributed by atoms with Gasteiger partial charge in [0.05, 0.1) is 0 Å². The zero-order valence-corrected chi connectivity index (χ0v) is 14.2. The highest BCUT2D eigenvalue weighted by Gasteiger charge is 2.06. The summed E-state index contributed by atoms with van der Waals surface area (Å²) in [5.74, 6) is -0.114. The van der Waals surface area contributed by atoms with E-state index in [1.165, 1.54) is 6.92 Å². The highest BCUT2D eigenvalue weighted by Crippen LogP contribution is 2.26. The zero-order chi connectivity index (χ0) is 18.5. The Morgan fingerprint density at radius 1 is 1.31 bits per heavy atom. The Balaban J connectivity index is 1.83. The molecule has 0 bridgehead atoms. The van der Waals surface area contributed by atoms with Crippen molar-refractivity contribution in [3.63, 3.8) is 0 Å². The van der Waals surface area contributed by atoms with Gasteiger partial charge in [0, 0.05) is 35.5 Å². The maximum atomic E-state index is 11.2. The molecular weight excluding hydrogens is 332 g/mol. The SMILES string of the molecule is CC(=O)Nc1cccc(-c2cc3cc(C=CCOC(N)=O)cnc3[nH]2)c1. The first kappa shape index (κ1) is 17.2. The standard InChI is InChI=1S/C19H18N4O3/c1-12(24)22-16-6-2-5-14(9-16)17-10-15-8-13(11-21-18(15)23-17)4-3-7-26-19(20)25/h2-6,8-11H,7H2,1H3,(H2,20,25)(H,21,23)(H,22,24). The topological polar surface area (TPSA) is 110 Å². The van der Waals surface area contributed by atoms with Crippen LogP contribution in [0.4, 0.5) is 10.5 Å². The number of nitrogens with two attached hydrogens (primary N) is 1. The van der Waals surface area contributed by atoms with Crippen LogP contribution >= 0.6 is 0 Å². The van der Waals surface area contributed by atoms with Crippen molar-refractivity contribution < 1.29 is 14.3 Å². The summed E-state index contributed by atoms with van der Waals surface area (Å²) in [6.07, 6.45) is 4.41. The molecule has 1 aromatic carbocycles. The van der Waals surface area contributed by atoms with Crippen LogP contribution in [0.1, 0.15) is 12.5 Å². The second kappa shape index (κ2) is 7.52. The van der Waals surface area contributed by atoms with E-state index in [4.69, 9.17) is 5.73 Å². The average Bonchev–Trinajstić information content (AvgIpc) is 3.01. The summed E-state index contributed by atoms with van der Waals surface area (Å²) in [5.41, 5.74) is 9.13. The van der Waals surface area contributed by atoms with Crippen LogP contribution in [0.2, 0.25) is 0 Å². The van der Waals surface area contributed by atoms with Crippen molar-refractivity contribution in [1.82, 2.24) is 9.97 Å². The number of hydrogen-bond acceptors (Lipinski definition) is 4. The Morgan fingerprint density at radius 2 is 2.15 bits per heavy atom. The highest BCUT2D eigenvalue weighted by atomic mass is 16.5. The predicted molar refractivity (Wildman–Crippen MR) is 100 cm³/mol. The number of rotatable bonds is 5. The summed E-state index contributed by atoms with van der Waals surface area (Å²) in [6.45, 7) is 1.59. The van der Waals surface area contributed by atoms with Gasteiger partial charge >= 0.3 is 6.09 Å². The molecule has 0 aliphatic heterocycles. The van der Waals surface area contributed by atoms with Gasteiger partial charge in [-0.3, -0.25) is 4.79 Å². The number of anilines is 1. The summed E-state index contributed by atoms with van der Waals surface area (Å²) >= 11 is 0. The summed E-state index contributed by atoms with van der Waals surface area (Å²) in [7, 11) is 0. The quantitative estimate of drug-likeness (QED) is 0.655. The van der Waals surface area contributed by atoms with Crippen molar-refractivity contribution in [2.24, 2.45) is 5.73 Å². The lowest BCUT2D eigenvalue weighted by atomic mass is 10.1. The number of aromatic nitrogens is 2. The largest absolute Gasteiger partial charge is 0.445 e. The molecule has 2 aromatic heterocycles. The van der Waals surface area contributed by atoms with E-state index in [2.05, 4.69) is 20.0 Å². The Kier molecular flexibility index (Phi) is 4.98. The van der Waals surface area contributed by atoms with Crippen LogP contribution in [-0.2, 0) is 9.53 Å². The maximum Gasteiger partial charge on any atom is 0.404 e. The number of nitrogens with zero attached hydrogens (tertiary/aromatic N) is 1. The van der Waals surface area contributed by atoms with Crippen LogP contribution in [0.5, 0.6) is 0 Å². The molecular formula is C19H18N4O3. The summed E-state index contributed by atoms with van der Waals surface area (Å²) < 4.78 is 4.65. The molecule has 26 heavy (non-hydrogen) atoms. The highest BCUT2D eigenvalue weighted by molar-refractivity contribution is 5.90. The van der Waals surface area contributed by atoms with Gasteiger partial charge in [0.1, 0.15) is 12.3 Å². The van der Waals surface area contributed by atoms with Crippen LogP contribution in [-0.4, -0.2) is 28.6 Å². The fourth-order valence-corrected chi connectivity index (χ4v) is 2.56. The van der Waals surface area contributed by atoms with Gasteiger partial charge in [-0.25, -0.2) is 9.78 Å². The molecule has 3 aromatic rings. The number of ether oxygens (including phenoxy) is 1. The van der Waals surface area contributed by atoms with E-state index in [9.17, 15) is 9.59 Å². The van der Waals surface area contributed by atoms with E-state index in [1.54, 1.807) is 18.3 Å². The third-order valence-corrected chi connectivity index (χ3v) is 3.62. The van der Waals surface area contributed by atoms with Gasteiger partial charge < -0.3 is 20.8 Å². The second-order valence-corrected chi connectivity index (χ2v) is 5.68. The van der Waals surface area contributed by atoms with Gasteiger partial charge in [0.2, 0.25) is 5.91 Å². The third kappa shape index (κ3) is 4.27. The number of benzene rings is 1. The van der Waals surface area contributed by atoms with Crippen LogP contribution in [0.3, 0.4) is 0 Å². The molecule has 0 radical (unpaired) electrons. The van der Waals surface area contributed by atoms with Crippen LogP contribution < -0.4 is 11.1 Å². The number of primary amides is 1. The monoisotopic (exact) mass is 350 g/mol. The first-order valence-corrected chi connectivity index (χ1v) is 7.97. The molecule has 0 aliphatic carbocycles.